The Bertz CT molecular complexity index is 1440. The van der Waals surface area contributed by atoms with Gasteiger partial charge in [-0.3, -0.25) is 19.3 Å². The normalized spacial score (nSPS) is 20.0. The first kappa shape index (κ1) is 24.1. The Morgan fingerprint density at radius 2 is 1.84 bits per heavy atom. The molecule has 0 saturated carbocycles. The first-order valence-electron chi connectivity index (χ1n) is 11.8. The molecule has 2 aliphatic heterocycles. The van der Waals surface area contributed by atoms with Crippen molar-refractivity contribution in [2.45, 2.75) is 31.9 Å². The molecule has 5 rings (SSSR count). The fourth-order valence-corrected chi connectivity index (χ4v) is 4.85. The molecule has 0 spiro atoms. The number of amides is 1. The van der Waals surface area contributed by atoms with Crippen LogP contribution in [-0.2, 0) is 32.0 Å². The van der Waals surface area contributed by atoms with Crippen LogP contribution in [0, 0.1) is 0 Å². The SMILES string of the molecule is COC(=O)Cc1ccc(N2C(=O)C(=O)/C(=C(\O)c3ccc4c(c3)CC(C)O4)C2c2cccc(O)c2)cc1. The van der Waals surface area contributed by atoms with E-state index in [0.717, 1.165) is 11.3 Å². The van der Waals surface area contributed by atoms with Gasteiger partial charge in [0.25, 0.3) is 11.7 Å². The Labute approximate surface area is 213 Å². The van der Waals surface area contributed by atoms with Gasteiger partial charge in [0.1, 0.15) is 23.4 Å². The summed E-state index contributed by atoms with van der Waals surface area (Å²) in [4.78, 5) is 39.6. The maximum Gasteiger partial charge on any atom is 0.309 e. The lowest BCUT2D eigenvalue weighted by Crippen LogP contribution is -2.29. The zero-order valence-corrected chi connectivity index (χ0v) is 20.3. The van der Waals surface area contributed by atoms with Crippen LogP contribution in [-0.4, -0.2) is 41.1 Å². The number of hydrogen-bond acceptors (Lipinski definition) is 7. The van der Waals surface area contributed by atoms with Crippen LogP contribution in [0.25, 0.3) is 5.76 Å². The minimum atomic E-state index is -0.984. The lowest BCUT2D eigenvalue weighted by molar-refractivity contribution is -0.139. The third-order valence-electron chi connectivity index (χ3n) is 6.59. The number of carbonyl (C=O) groups excluding carboxylic acids is 3. The lowest BCUT2D eigenvalue weighted by atomic mass is 9.94. The number of aliphatic hydroxyl groups excluding tert-OH is 1. The molecule has 0 bridgehead atoms. The minimum Gasteiger partial charge on any atom is -0.508 e. The number of phenols is 1. The highest BCUT2D eigenvalue weighted by atomic mass is 16.5. The number of rotatable bonds is 5. The van der Waals surface area contributed by atoms with Gasteiger partial charge >= 0.3 is 5.97 Å². The van der Waals surface area contributed by atoms with Crippen LogP contribution in [0.2, 0.25) is 0 Å². The number of ketones is 1. The van der Waals surface area contributed by atoms with Crippen molar-refractivity contribution < 1.29 is 34.1 Å². The highest BCUT2D eigenvalue weighted by Gasteiger charge is 2.47. The summed E-state index contributed by atoms with van der Waals surface area (Å²) in [5.41, 5.74) is 2.75. The van der Waals surface area contributed by atoms with Gasteiger partial charge < -0.3 is 19.7 Å². The molecule has 2 heterocycles. The van der Waals surface area contributed by atoms with E-state index in [1.165, 1.54) is 24.1 Å². The number of nitrogens with zero attached hydrogens (tertiary/aromatic N) is 1. The quantitative estimate of drug-likeness (QED) is 0.236. The summed E-state index contributed by atoms with van der Waals surface area (Å²) in [7, 11) is 1.31. The maximum atomic E-state index is 13.4. The molecule has 2 unspecified atom stereocenters. The van der Waals surface area contributed by atoms with Crippen LogP contribution < -0.4 is 9.64 Å². The highest BCUT2D eigenvalue weighted by Crippen LogP contribution is 2.43. The number of Topliss-reactive ketones (excluding diaryl/α,β-unsaturated/α-hetero) is 1. The summed E-state index contributed by atoms with van der Waals surface area (Å²) < 4.78 is 10.4. The maximum absolute atomic E-state index is 13.4. The van der Waals surface area contributed by atoms with E-state index >= 15 is 0 Å². The van der Waals surface area contributed by atoms with Gasteiger partial charge in [-0.15, -0.1) is 0 Å². The van der Waals surface area contributed by atoms with Gasteiger partial charge in [-0.25, -0.2) is 0 Å². The number of ether oxygens (including phenoxy) is 2. The first-order valence-corrected chi connectivity index (χ1v) is 11.8. The van der Waals surface area contributed by atoms with Crippen molar-refractivity contribution in [3.05, 3.63) is 94.6 Å². The highest BCUT2D eigenvalue weighted by molar-refractivity contribution is 6.51. The van der Waals surface area contributed by atoms with Crippen molar-refractivity contribution in [3.8, 4) is 11.5 Å². The fraction of sp³-hybridized carbons (Fsp3) is 0.207. The van der Waals surface area contributed by atoms with Gasteiger partial charge in [-0.1, -0.05) is 24.3 Å². The summed E-state index contributed by atoms with van der Waals surface area (Å²) in [6, 6.07) is 17.0. The Hall–Kier alpha value is -4.59. The predicted molar refractivity (Wildman–Crippen MR) is 135 cm³/mol. The molecule has 8 heteroatoms. The van der Waals surface area contributed by atoms with Crippen molar-refractivity contribution in [1.82, 2.24) is 0 Å². The third kappa shape index (κ3) is 4.42. The summed E-state index contributed by atoms with van der Waals surface area (Å²) in [5, 5.41) is 21.5. The molecule has 1 amide bonds. The molecular weight excluding hydrogens is 474 g/mol. The largest absolute Gasteiger partial charge is 0.508 e. The van der Waals surface area contributed by atoms with Crippen molar-refractivity contribution >= 4 is 29.1 Å². The number of benzene rings is 3. The van der Waals surface area contributed by atoms with E-state index in [1.54, 1.807) is 54.6 Å². The van der Waals surface area contributed by atoms with Crippen molar-refractivity contribution in [2.24, 2.45) is 0 Å². The number of aromatic hydroxyl groups is 1. The van der Waals surface area contributed by atoms with Gasteiger partial charge in [0.2, 0.25) is 0 Å². The molecule has 3 aromatic rings. The van der Waals surface area contributed by atoms with E-state index in [0.29, 0.717) is 28.8 Å². The van der Waals surface area contributed by atoms with Crippen molar-refractivity contribution in [1.29, 1.82) is 0 Å². The summed E-state index contributed by atoms with van der Waals surface area (Å²) >= 11 is 0. The molecule has 1 fully saturated rings. The molecular formula is C29H25NO7. The number of esters is 1. The van der Waals surface area contributed by atoms with Crippen LogP contribution in [0.3, 0.4) is 0 Å². The van der Waals surface area contributed by atoms with E-state index in [4.69, 9.17) is 9.47 Å². The number of phenolic OH excluding ortho intramolecular Hbond substituents is 1. The Morgan fingerprint density at radius 3 is 2.54 bits per heavy atom. The lowest BCUT2D eigenvalue weighted by Gasteiger charge is -2.25. The molecule has 37 heavy (non-hydrogen) atoms. The van der Waals surface area contributed by atoms with Gasteiger partial charge in [-0.05, 0) is 66.1 Å². The number of fused-ring (bicyclic) bond motifs is 1. The van der Waals surface area contributed by atoms with Gasteiger partial charge in [-0.2, -0.15) is 0 Å². The number of hydrogen-bond donors (Lipinski definition) is 2. The Kier molecular flexibility index (Phi) is 6.17. The second kappa shape index (κ2) is 9.46. The molecule has 8 nitrogen and oxygen atoms in total. The average Bonchev–Trinajstić information content (AvgIpc) is 3.39. The Morgan fingerprint density at radius 1 is 1.08 bits per heavy atom. The number of aliphatic hydroxyl groups is 1. The first-order chi connectivity index (χ1) is 17.8. The van der Waals surface area contributed by atoms with E-state index in [1.807, 2.05) is 6.92 Å². The molecule has 1 saturated heterocycles. The van der Waals surface area contributed by atoms with E-state index in [2.05, 4.69) is 0 Å². The average molecular weight is 500 g/mol. The molecule has 2 aliphatic rings. The van der Waals surface area contributed by atoms with Crippen LogP contribution in [0.5, 0.6) is 11.5 Å². The minimum absolute atomic E-state index is 0.00687. The van der Waals surface area contributed by atoms with Crippen LogP contribution in [0.4, 0.5) is 5.69 Å². The molecule has 3 aromatic carbocycles. The van der Waals surface area contributed by atoms with Crippen LogP contribution >= 0.6 is 0 Å². The molecule has 188 valence electrons. The van der Waals surface area contributed by atoms with E-state index < -0.39 is 23.7 Å². The second-order valence-corrected chi connectivity index (χ2v) is 9.14. The molecule has 0 aliphatic carbocycles. The van der Waals surface area contributed by atoms with Crippen LogP contribution in [0.1, 0.15) is 35.2 Å². The number of methoxy groups -OCH3 is 1. The van der Waals surface area contributed by atoms with Gasteiger partial charge in [0.05, 0.1) is 25.1 Å². The standard InChI is InChI=1S/C29H25NO7/c1-16-12-20-14-19(8-11-23(20)37-16)27(33)25-26(18-4-3-5-22(31)15-18)30(29(35)28(25)34)21-9-6-17(7-10-21)13-24(32)36-2/h3-11,14-16,26,31,33H,12-13H2,1-2H3/b27-25-. The topological polar surface area (TPSA) is 113 Å². The van der Waals surface area contributed by atoms with E-state index in [9.17, 15) is 24.6 Å². The monoisotopic (exact) mass is 499 g/mol. The van der Waals surface area contributed by atoms with Crippen LogP contribution in [0.15, 0.2) is 72.3 Å². The zero-order valence-electron chi connectivity index (χ0n) is 20.3. The van der Waals surface area contributed by atoms with E-state index in [-0.39, 0.29) is 29.6 Å². The molecule has 2 atom stereocenters. The Balaban J connectivity index is 1.62. The van der Waals surface area contributed by atoms with Crippen molar-refractivity contribution in [3.63, 3.8) is 0 Å². The molecule has 2 N–H and O–H groups in total. The molecule has 0 aromatic heterocycles. The molecule has 0 radical (unpaired) electrons. The number of anilines is 1. The summed E-state index contributed by atoms with van der Waals surface area (Å²) in [6.45, 7) is 1.95. The second-order valence-electron chi connectivity index (χ2n) is 9.14. The summed E-state index contributed by atoms with van der Waals surface area (Å²) in [5.74, 6) is -1.68. The fourth-order valence-electron chi connectivity index (χ4n) is 4.85. The zero-order chi connectivity index (χ0) is 26.3. The third-order valence-corrected chi connectivity index (χ3v) is 6.59. The smallest absolute Gasteiger partial charge is 0.309 e. The summed E-state index contributed by atoms with van der Waals surface area (Å²) in [6.07, 6.45) is 0.734. The number of carbonyl (C=O) groups is 3. The van der Waals surface area contributed by atoms with Crippen molar-refractivity contribution in [2.75, 3.05) is 12.0 Å². The predicted octanol–water partition coefficient (Wildman–Crippen LogP) is 4.06. The van der Waals surface area contributed by atoms with Gasteiger partial charge in [0.15, 0.2) is 0 Å². The van der Waals surface area contributed by atoms with Gasteiger partial charge in [0, 0.05) is 17.7 Å².